The minimum Gasteiger partial charge on any atom is -0.390 e. The molecule has 0 aromatic heterocycles. The number of unbranched alkanes of at least 4 members (excludes halogenated alkanes) is 3. The fraction of sp³-hybridized carbons (Fsp3) is 0.842. The van der Waals surface area contributed by atoms with Crippen LogP contribution >= 0.6 is 46.9 Å². The number of ether oxygens (including phenoxy) is 1. The molecule has 0 radical (unpaired) electrons. The van der Waals surface area contributed by atoms with Crippen molar-refractivity contribution in [3.8, 4) is 0 Å². The van der Waals surface area contributed by atoms with Crippen LogP contribution in [0.15, 0.2) is 11.8 Å². The number of hydrogen-bond acceptors (Lipinski definition) is 18. The number of nitrogens with two attached hydrogens (primary N) is 1. The molecule has 1 aliphatic carbocycles. The van der Waals surface area contributed by atoms with Crippen molar-refractivity contribution in [2.24, 2.45) is 11.1 Å². The summed E-state index contributed by atoms with van der Waals surface area (Å²) in [4.78, 5) is 72.0. The summed E-state index contributed by atoms with van der Waals surface area (Å²) >= 11 is 0. The van der Waals surface area contributed by atoms with Crippen molar-refractivity contribution in [3.63, 3.8) is 0 Å². The minimum atomic E-state index is -6.40. The normalized spacial score (nSPS) is 32.8. The summed E-state index contributed by atoms with van der Waals surface area (Å²) in [5.41, 5.74) is 5.14. The van der Waals surface area contributed by atoms with Gasteiger partial charge >= 0.3 is 46.9 Å². The minimum absolute atomic E-state index is 0.0320. The molecule has 0 bridgehead atoms. The third-order valence-corrected chi connectivity index (χ3v) is 16.3. The maximum atomic E-state index is 12.4. The molecule has 3 aliphatic rings. The number of fused-ring (bicyclic) bond motifs is 1. The van der Waals surface area contributed by atoms with Gasteiger partial charge in [0, 0.05) is 24.2 Å². The van der Waals surface area contributed by atoms with E-state index in [0.29, 0.717) is 37.8 Å². The standard InChI is InChI=1S/C19H38N2O22P6/c1-13-11-21(16-10-19(16,2)18(13)23)17-9-14(22)15(38-17)12-37-45(26,27)40-47(30,31)42-49(34,35)43-48(32,33)41-46(28,29)39-44(24,25)36-8-6-4-3-5-7-20/h11,14-17,22H,3-10,12,20H2,1-2H3,(H,24,25)(H,26,27)(H,28,29)(H,30,31)(H,32,33)(H,34,35)/t14-,15-,16?,17-,19?/m1/s1. The van der Waals surface area contributed by atoms with Crippen molar-refractivity contribution in [2.45, 2.75) is 76.9 Å². The average Bonchev–Trinajstić information content (AvgIpc) is 3.45. The average molecular weight is 832 g/mol. The number of hydrogen-bond donors (Lipinski definition) is 8. The molecule has 2 fully saturated rings. The Bertz CT molecular complexity index is 1560. The topological polar surface area (TPSA) is 364 Å². The molecule has 0 spiro atoms. The largest absolute Gasteiger partial charge is 0.490 e. The summed E-state index contributed by atoms with van der Waals surface area (Å²) in [6.45, 7) is 2.34. The molecule has 3 rings (SSSR count). The molecule has 0 aromatic carbocycles. The molecule has 2 aliphatic heterocycles. The van der Waals surface area contributed by atoms with Crippen LogP contribution in [0.25, 0.3) is 0 Å². The van der Waals surface area contributed by atoms with Gasteiger partial charge < -0.3 is 49.8 Å². The Hall–Kier alpha value is -0.0500. The number of nitrogens with zero attached hydrogens (tertiary/aromatic N) is 1. The molecule has 1 saturated heterocycles. The van der Waals surface area contributed by atoms with Crippen LogP contribution in [0.4, 0.5) is 0 Å². The van der Waals surface area contributed by atoms with Gasteiger partial charge in [-0.25, -0.2) is 27.4 Å². The van der Waals surface area contributed by atoms with Crippen LogP contribution in [0.1, 0.15) is 52.4 Å². The molecule has 24 nitrogen and oxygen atoms in total. The van der Waals surface area contributed by atoms with Gasteiger partial charge in [-0.3, -0.25) is 13.8 Å². The molecule has 0 aromatic rings. The van der Waals surface area contributed by atoms with Crippen molar-refractivity contribution >= 4 is 52.7 Å². The van der Waals surface area contributed by atoms with Crippen molar-refractivity contribution in [3.05, 3.63) is 11.8 Å². The fourth-order valence-corrected chi connectivity index (χ4v) is 12.7. The number of carbonyl (C=O) groups excluding carboxylic acids is 1. The van der Waals surface area contributed by atoms with Gasteiger partial charge in [0.1, 0.15) is 12.3 Å². The number of ketones is 1. The molecule has 11 atom stereocenters. The Morgan fingerprint density at radius 1 is 0.816 bits per heavy atom. The van der Waals surface area contributed by atoms with Crippen LogP contribution in [-0.4, -0.2) is 89.4 Å². The molecular formula is C19H38N2O22P6. The predicted octanol–water partition coefficient (Wildman–Crippen LogP) is 2.27. The van der Waals surface area contributed by atoms with Crippen LogP contribution in [0, 0.1) is 5.41 Å². The van der Waals surface area contributed by atoms with Crippen molar-refractivity contribution < 1.29 is 102 Å². The Morgan fingerprint density at radius 3 is 1.80 bits per heavy atom. The van der Waals surface area contributed by atoms with E-state index in [1.807, 2.05) is 0 Å². The van der Waals surface area contributed by atoms with Gasteiger partial charge in [-0.05, 0) is 32.7 Å². The van der Waals surface area contributed by atoms with Gasteiger partial charge in [0.15, 0.2) is 5.78 Å². The highest BCUT2D eigenvalue weighted by molar-refractivity contribution is 7.72. The lowest BCUT2D eigenvalue weighted by molar-refractivity contribution is -0.123. The number of Topliss-reactive ketones (excluding diaryl/α,β-unsaturated/α-hetero) is 1. The maximum absolute atomic E-state index is 12.4. The van der Waals surface area contributed by atoms with E-state index in [-0.39, 0.29) is 24.7 Å². The maximum Gasteiger partial charge on any atom is 0.490 e. The molecule has 8 unspecified atom stereocenters. The first-order chi connectivity index (χ1) is 22.2. The van der Waals surface area contributed by atoms with Crippen LogP contribution < -0.4 is 5.73 Å². The third-order valence-electron chi connectivity index (χ3n) is 7.10. The summed E-state index contributed by atoms with van der Waals surface area (Å²) in [6, 6.07) is -0.213. The zero-order chi connectivity index (χ0) is 37.3. The molecular weight excluding hydrogens is 794 g/mol. The number of allylic oxidation sites excluding steroid dienone is 1. The lowest BCUT2D eigenvalue weighted by Crippen LogP contribution is -2.40. The summed E-state index contributed by atoms with van der Waals surface area (Å²) in [5, 5.41) is 10.4. The summed E-state index contributed by atoms with van der Waals surface area (Å²) < 4.78 is 105. The van der Waals surface area contributed by atoms with Crippen molar-refractivity contribution in [1.82, 2.24) is 4.90 Å². The Balaban J connectivity index is 1.50. The highest BCUT2D eigenvalue weighted by atomic mass is 31.3. The second kappa shape index (κ2) is 16.1. The molecule has 9 N–H and O–H groups in total. The summed E-state index contributed by atoms with van der Waals surface area (Å²) in [7, 11) is -36.3. The zero-order valence-electron chi connectivity index (χ0n) is 25.7. The lowest BCUT2D eigenvalue weighted by atomic mass is 9.94. The van der Waals surface area contributed by atoms with Gasteiger partial charge in [0.2, 0.25) is 0 Å². The van der Waals surface area contributed by atoms with Gasteiger partial charge in [-0.1, -0.05) is 19.8 Å². The highest BCUT2D eigenvalue weighted by Gasteiger charge is 2.62. The quantitative estimate of drug-likeness (QED) is 0.0607. The third kappa shape index (κ3) is 13.1. The second-order valence-corrected chi connectivity index (χ2v) is 20.6. The summed E-state index contributed by atoms with van der Waals surface area (Å²) in [5.74, 6) is -0.0320. The number of aliphatic hydroxyl groups excluding tert-OH is 1. The molecule has 30 heteroatoms. The van der Waals surface area contributed by atoms with E-state index in [2.05, 4.69) is 30.6 Å². The number of aliphatic hydroxyl groups is 1. The lowest BCUT2D eigenvalue weighted by Gasteiger charge is -2.33. The number of carbonyl (C=O) groups is 1. The Labute approximate surface area is 279 Å². The van der Waals surface area contributed by atoms with Gasteiger partial charge in [-0.2, -0.15) is 21.6 Å². The smallest absolute Gasteiger partial charge is 0.390 e. The van der Waals surface area contributed by atoms with E-state index in [0.717, 1.165) is 0 Å². The van der Waals surface area contributed by atoms with E-state index in [4.69, 9.17) is 10.5 Å². The molecule has 0 amide bonds. The first kappa shape index (κ1) is 43.4. The number of phosphoric ester groups is 2. The first-order valence-electron chi connectivity index (χ1n) is 14.1. The van der Waals surface area contributed by atoms with Gasteiger partial charge in [0.25, 0.3) is 0 Å². The van der Waals surface area contributed by atoms with E-state index < -0.39 is 84.0 Å². The van der Waals surface area contributed by atoms with Gasteiger partial charge in [0.05, 0.1) is 24.7 Å². The van der Waals surface area contributed by atoms with E-state index in [1.165, 1.54) is 0 Å². The Kier molecular flexibility index (Phi) is 14.3. The van der Waals surface area contributed by atoms with E-state index >= 15 is 0 Å². The van der Waals surface area contributed by atoms with Crippen molar-refractivity contribution in [1.29, 1.82) is 0 Å². The van der Waals surface area contributed by atoms with Gasteiger partial charge in [-0.15, -0.1) is 0 Å². The number of rotatable bonds is 21. The van der Waals surface area contributed by atoms with E-state index in [1.54, 1.807) is 24.9 Å². The molecule has 286 valence electrons. The summed E-state index contributed by atoms with van der Waals surface area (Å²) in [6.07, 6.45) is 0.585. The number of phosphoric acid groups is 6. The fourth-order valence-electron chi connectivity index (χ4n) is 4.88. The second-order valence-electron chi connectivity index (χ2n) is 11.2. The van der Waals surface area contributed by atoms with Crippen molar-refractivity contribution in [2.75, 3.05) is 19.8 Å². The predicted molar refractivity (Wildman–Crippen MR) is 160 cm³/mol. The van der Waals surface area contributed by atoms with Crippen LogP contribution in [0.5, 0.6) is 0 Å². The monoisotopic (exact) mass is 832 g/mol. The highest BCUT2D eigenvalue weighted by Crippen LogP contribution is 2.75. The zero-order valence-corrected chi connectivity index (χ0v) is 31.1. The SMILES string of the molecule is CC1=CN([C@H]2C[C@@H](O)[C@@H](COP(=O)(O)OP(=O)(O)OP(=O)(O)OP(=O)(O)OP(=O)(O)OP(=O)(O)OCCCCCCN)O2)C2CC2(C)C1=O. The van der Waals surface area contributed by atoms with E-state index in [9.17, 15) is 66.7 Å². The van der Waals surface area contributed by atoms with Crippen LogP contribution in [-0.2, 0) is 67.5 Å². The molecule has 1 saturated carbocycles. The molecule has 2 heterocycles. The van der Waals surface area contributed by atoms with Crippen LogP contribution in [0.3, 0.4) is 0 Å². The van der Waals surface area contributed by atoms with Crippen LogP contribution in [0.2, 0.25) is 0 Å². The Morgan fingerprint density at radius 2 is 1.29 bits per heavy atom. The molecule has 49 heavy (non-hydrogen) atoms. The first-order valence-corrected chi connectivity index (χ1v) is 23.1.